The van der Waals surface area contributed by atoms with Gasteiger partial charge in [0.25, 0.3) is 0 Å². The lowest BCUT2D eigenvalue weighted by molar-refractivity contribution is -0.192. The Hall–Kier alpha value is -2.22. The Labute approximate surface area is 228 Å². The molecule has 0 radical (unpaired) electrons. The average molecular weight is 520 g/mol. The summed E-state index contributed by atoms with van der Waals surface area (Å²) in [4.78, 5) is 41.3. The Kier molecular flexibility index (Phi) is 5.87. The average Bonchev–Trinajstić information content (AvgIpc) is 2.82. The minimum absolute atomic E-state index is 0.0303. The van der Waals surface area contributed by atoms with E-state index in [0.29, 0.717) is 6.61 Å². The Morgan fingerprint density at radius 2 is 1.68 bits per heavy atom. The number of allylic oxidation sites excluding steroid dienone is 4. The molecule has 5 aliphatic rings. The molecule has 5 heteroatoms. The van der Waals surface area contributed by atoms with Crippen LogP contribution in [0.25, 0.3) is 0 Å². The fourth-order valence-electron chi connectivity index (χ4n) is 10.3. The number of nitriles is 1. The quantitative estimate of drug-likeness (QED) is 0.376. The molecule has 7 atom stereocenters. The lowest BCUT2D eigenvalue weighted by Gasteiger charge is -2.68. The zero-order valence-corrected chi connectivity index (χ0v) is 24.6. The van der Waals surface area contributed by atoms with Crippen LogP contribution in [0.4, 0.5) is 0 Å². The normalized spacial score (nSPS) is 44.8. The van der Waals surface area contributed by atoms with Gasteiger partial charge in [0.15, 0.2) is 11.6 Å². The molecule has 38 heavy (non-hydrogen) atoms. The van der Waals surface area contributed by atoms with E-state index in [2.05, 4.69) is 40.7 Å². The lowest BCUT2D eigenvalue weighted by atomic mass is 9.34. The highest BCUT2D eigenvalue weighted by Crippen LogP contribution is 2.74. The van der Waals surface area contributed by atoms with E-state index in [4.69, 9.17) is 4.74 Å². The van der Waals surface area contributed by atoms with Gasteiger partial charge in [-0.3, -0.25) is 14.4 Å². The first kappa shape index (κ1) is 27.4. The van der Waals surface area contributed by atoms with Crippen LogP contribution in [0.15, 0.2) is 23.3 Å². The summed E-state index contributed by atoms with van der Waals surface area (Å²) in [6, 6.07) is 2.18. The smallest absolute Gasteiger partial charge is 0.312 e. The highest BCUT2D eigenvalue weighted by Gasteiger charge is 2.71. The van der Waals surface area contributed by atoms with Crippen LogP contribution >= 0.6 is 0 Å². The van der Waals surface area contributed by atoms with E-state index >= 15 is 0 Å². The van der Waals surface area contributed by atoms with E-state index in [1.54, 1.807) is 0 Å². The molecular formula is C33H45NO4. The third-order valence-corrected chi connectivity index (χ3v) is 12.5. The van der Waals surface area contributed by atoms with Gasteiger partial charge in [0.05, 0.1) is 17.6 Å². The van der Waals surface area contributed by atoms with Gasteiger partial charge in [-0.15, -0.1) is 0 Å². The number of Topliss-reactive ketones (excluding diaryl/α,β-unsaturated/α-hetero) is 1. The van der Waals surface area contributed by atoms with Crippen LogP contribution in [0, 0.1) is 61.6 Å². The van der Waals surface area contributed by atoms with Crippen molar-refractivity contribution in [2.24, 2.45) is 50.2 Å². The van der Waals surface area contributed by atoms with Crippen molar-refractivity contribution < 1.29 is 19.1 Å². The van der Waals surface area contributed by atoms with Gasteiger partial charge in [-0.1, -0.05) is 60.1 Å². The number of ketones is 2. The van der Waals surface area contributed by atoms with Crippen molar-refractivity contribution in [1.82, 2.24) is 0 Å². The summed E-state index contributed by atoms with van der Waals surface area (Å²) in [6.45, 7) is 17.5. The van der Waals surface area contributed by atoms with Gasteiger partial charge in [-0.05, 0) is 86.0 Å². The van der Waals surface area contributed by atoms with E-state index in [1.165, 1.54) is 0 Å². The topological polar surface area (TPSA) is 84.2 Å². The van der Waals surface area contributed by atoms with E-state index < -0.39 is 16.2 Å². The maximum Gasteiger partial charge on any atom is 0.312 e. The lowest BCUT2D eigenvalue weighted by Crippen LogP contribution is -2.66. The maximum absolute atomic E-state index is 14.4. The van der Waals surface area contributed by atoms with E-state index in [9.17, 15) is 19.6 Å². The predicted molar refractivity (Wildman–Crippen MR) is 146 cm³/mol. The molecule has 0 unspecified atom stereocenters. The fourth-order valence-corrected chi connectivity index (χ4v) is 10.3. The van der Waals surface area contributed by atoms with Gasteiger partial charge in [0, 0.05) is 16.7 Å². The van der Waals surface area contributed by atoms with Gasteiger partial charge < -0.3 is 4.74 Å². The molecule has 0 aromatic heterocycles. The van der Waals surface area contributed by atoms with Gasteiger partial charge in [0.1, 0.15) is 6.07 Å². The molecule has 0 aromatic rings. The van der Waals surface area contributed by atoms with Crippen LogP contribution in [-0.4, -0.2) is 24.1 Å². The van der Waals surface area contributed by atoms with Gasteiger partial charge in [0.2, 0.25) is 0 Å². The molecule has 0 bridgehead atoms. The second kappa shape index (κ2) is 8.15. The van der Waals surface area contributed by atoms with E-state index in [1.807, 2.05) is 32.9 Å². The van der Waals surface area contributed by atoms with Gasteiger partial charge in [-0.25, -0.2) is 0 Å². The molecule has 5 aliphatic carbocycles. The van der Waals surface area contributed by atoms with Crippen molar-refractivity contribution in [1.29, 1.82) is 5.26 Å². The Morgan fingerprint density at radius 3 is 2.32 bits per heavy atom. The summed E-state index contributed by atoms with van der Waals surface area (Å²) in [5, 5.41) is 9.88. The summed E-state index contributed by atoms with van der Waals surface area (Å²) in [7, 11) is 0. The first-order chi connectivity index (χ1) is 17.5. The zero-order valence-electron chi connectivity index (χ0n) is 24.6. The van der Waals surface area contributed by atoms with Crippen LogP contribution in [-0.2, 0) is 19.1 Å². The summed E-state index contributed by atoms with van der Waals surface area (Å²) in [6.07, 6.45) is 9.69. The van der Waals surface area contributed by atoms with Crippen molar-refractivity contribution in [3.63, 3.8) is 0 Å². The molecule has 0 spiro atoms. The Morgan fingerprint density at radius 1 is 1.03 bits per heavy atom. The predicted octanol–water partition coefficient (Wildman–Crippen LogP) is 6.77. The summed E-state index contributed by atoms with van der Waals surface area (Å²) >= 11 is 0. The van der Waals surface area contributed by atoms with Crippen LogP contribution in [0.5, 0.6) is 0 Å². The molecule has 0 heterocycles. The number of ether oxygens (including phenoxy) is 1. The van der Waals surface area contributed by atoms with E-state index in [0.717, 1.165) is 50.5 Å². The number of rotatable bonds is 2. The SMILES string of the molecule is CCOC(=O)[C@]12CCC(C)(C)C[C@H]1[C@H]1C(=O)C=C3[C@@]4(C)C=C(C#N)C(=O)C(C)(C)[C@@H]4CC[C@@]3(C)[C@]1(C)CC2. The number of nitrogens with zero attached hydrogens (tertiary/aromatic N) is 1. The molecule has 0 N–H and O–H groups in total. The summed E-state index contributed by atoms with van der Waals surface area (Å²) < 4.78 is 5.70. The zero-order chi connectivity index (χ0) is 28.1. The van der Waals surface area contributed by atoms with Crippen molar-refractivity contribution in [2.45, 2.75) is 100 Å². The van der Waals surface area contributed by atoms with Crippen molar-refractivity contribution >= 4 is 17.5 Å². The molecular weight excluding hydrogens is 474 g/mol. The first-order valence-corrected chi connectivity index (χ1v) is 14.7. The Bertz CT molecular complexity index is 1220. The number of carbonyl (C=O) groups excluding carboxylic acids is 3. The van der Waals surface area contributed by atoms with Crippen LogP contribution in [0.2, 0.25) is 0 Å². The molecule has 0 aliphatic heterocycles. The number of fused-ring (bicyclic) bond motifs is 7. The molecule has 5 nitrogen and oxygen atoms in total. The molecule has 3 saturated carbocycles. The number of hydrogen-bond acceptors (Lipinski definition) is 5. The number of carbonyl (C=O) groups is 3. The third kappa shape index (κ3) is 3.24. The molecule has 206 valence electrons. The highest BCUT2D eigenvalue weighted by atomic mass is 16.5. The van der Waals surface area contributed by atoms with Crippen molar-refractivity contribution in [3.05, 3.63) is 23.3 Å². The molecule has 5 rings (SSSR count). The fraction of sp³-hybridized carbons (Fsp3) is 0.758. The van der Waals surface area contributed by atoms with Crippen molar-refractivity contribution in [3.8, 4) is 6.07 Å². The van der Waals surface area contributed by atoms with Gasteiger partial charge in [-0.2, -0.15) is 5.26 Å². The molecule has 0 amide bonds. The van der Waals surface area contributed by atoms with Crippen molar-refractivity contribution in [2.75, 3.05) is 6.61 Å². The number of hydrogen-bond donors (Lipinski definition) is 0. The highest BCUT2D eigenvalue weighted by molar-refractivity contribution is 6.04. The molecule has 0 saturated heterocycles. The minimum Gasteiger partial charge on any atom is -0.466 e. The Balaban J connectivity index is 1.69. The molecule has 3 fully saturated rings. The standard InChI is InChI=1S/C33H45NO4/c1-9-38-27(37)33-14-12-28(2,3)18-21(33)25-22(35)16-24-30(6)17-20(19-34)26(36)29(4,5)23(30)10-11-31(24,7)32(25,8)13-15-33/h16-17,21,23,25H,9-15,18H2,1-8H3/t21-,23-,25-,30-,31+,32+,33-/m0/s1. The largest absolute Gasteiger partial charge is 0.466 e. The number of esters is 1. The first-order valence-electron chi connectivity index (χ1n) is 14.7. The maximum atomic E-state index is 14.4. The second-order valence-electron chi connectivity index (χ2n) is 15.1. The monoisotopic (exact) mass is 519 g/mol. The van der Waals surface area contributed by atoms with Crippen LogP contribution < -0.4 is 0 Å². The third-order valence-electron chi connectivity index (χ3n) is 12.5. The van der Waals surface area contributed by atoms with Crippen LogP contribution in [0.1, 0.15) is 100 Å². The van der Waals surface area contributed by atoms with Crippen LogP contribution in [0.3, 0.4) is 0 Å². The van der Waals surface area contributed by atoms with E-state index in [-0.39, 0.29) is 57.1 Å². The summed E-state index contributed by atoms with van der Waals surface area (Å²) in [5.41, 5.74) is -1.02. The minimum atomic E-state index is -0.670. The molecule has 0 aromatic carbocycles. The second-order valence-corrected chi connectivity index (χ2v) is 15.1. The van der Waals surface area contributed by atoms with Gasteiger partial charge >= 0.3 is 5.97 Å². The summed E-state index contributed by atoms with van der Waals surface area (Å²) in [5.74, 6) is -0.334.